The summed E-state index contributed by atoms with van der Waals surface area (Å²) in [7, 11) is 0. The first-order chi connectivity index (χ1) is 10.3. The van der Waals surface area contributed by atoms with Crippen molar-refractivity contribution in [2.75, 3.05) is 11.9 Å². The van der Waals surface area contributed by atoms with E-state index in [1.54, 1.807) is 12.1 Å². The zero-order valence-corrected chi connectivity index (χ0v) is 13.5. The van der Waals surface area contributed by atoms with E-state index in [-0.39, 0.29) is 12.4 Å². The van der Waals surface area contributed by atoms with Gasteiger partial charge in [-0.15, -0.1) is 0 Å². The maximum absolute atomic E-state index is 12.0. The summed E-state index contributed by atoms with van der Waals surface area (Å²) in [5.74, 6) is -0.464. The highest BCUT2D eigenvalue weighted by Gasteiger charge is 2.27. The number of nitrogens with one attached hydrogen (secondary N) is 1. The van der Waals surface area contributed by atoms with Crippen LogP contribution in [0.25, 0.3) is 0 Å². The van der Waals surface area contributed by atoms with Crippen LogP contribution in [0.3, 0.4) is 0 Å². The van der Waals surface area contributed by atoms with Crippen molar-refractivity contribution < 1.29 is 19.4 Å². The maximum Gasteiger partial charge on any atom is 0.316 e. The molecule has 0 saturated carbocycles. The molecule has 2 N–H and O–H groups in total. The minimum atomic E-state index is -0.763. The van der Waals surface area contributed by atoms with Crippen molar-refractivity contribution in [2.24, 2.45) is 5.41 Å². The second kappa shape index (κ2) is 8.41. The van der Waals surface area contributed by atoms with E-state index in [9.17, 15) is 9.59 Å². The van der Waals surface area contributed by atoms with Crippen molar-refractivity contribution in [1.82, 2.24) is 0 Å². The molecule has 22 heavy (non-hydrogen) atoms. The molecular weight excluding hydrogens is 282 g/mol. The Morgan fingerprint density at radius 2 is 1.82 bits per heavy atom. The van der Waals surface area contributed by atoms with Crippen LogP contribution in [0.4, 0.5) is 5.69 Å². The van der Waals surface area contributed by atoms with Crippen LogP contribution in [-0.2, 0) is 9.59 Å². The fourth-order valence-corrected chi connectivity index (χ4v) is 1.66. The molecule has 0 bridgehead atoms. The molecule has 0 aliphatic carbocycles. The number of carbonyl (C=O) groups is 2. The minimum absolute atomic E-state index is 0.198. The molecular formula is C17H25NO4. The zero-order chi connectivity index (χ0) is 16.6. The van der Waals surface area contributed by atoms with Gasteiger partial charge in [0.2, 0.25) is 0 Å². The summed E-state index contributed by atoms with van der Waals surface area (Å²) in [6.45, 7) is 6.40. The number of anilines is 1. The molecule has 0 radical (unpaired) electrons. The average molecular weight is 307 g/mol. The van der Waals surface area contributed by atoms with Gasteiger partial charge in [0.25, 0.3) is 0 Å². The summed E-state index contributed by atoms with van der Waals surface area (Å²) in [4.78, 5) is 22.4. The molecule has 5 nitrogen and oxygen atoms in total. The highest BCUT2D eigenvalue weighted by atomic mass is 16.5. The lowest BCUT2D eigenvalue weighted by Gasteiger charge is -2.20. The van der Waals surface area contributed by atoms with Gasteiger partial charge in [-0.1, -0.05) is 6.92 Å². The first-order valence-corrected chi connectivity index (χ1v) is 7.63. The van der Waals surface area contributed by atoms with Gasteiger partial charge in [0.05, 0.1) is 5.41 Å². The van der Waals surface area contributed by atoms with Crippen LogP contribution in [0.1, 0.15) is 46.5 Å². The molecule has 1 aromatic rings. The Bertz CT molecular complexity index is 494. The van der Waals surface area contributed by atoms with Crippen molar-refractivity contribution in [3.63, 3.8) is 0 Å². The molecule has 0 unspecified atom stereocenters. The molecule has 5 heteroatoms. The Hall–Kier alpha value is -2.04. The summed E-state index contributed by atoms with van der Waals surface area (Å²) in [6, 6.07) is 7.20. The van der Waals surface area contributed by atoms with Gasteiger partial charge in [-0.3, -0.25) is 9.59 Å². The van der Waals surface area contributed by atoms with Gasteiger partial charge in [-0.25, -0.2) is 0 Å². The fraction of sp³-hybridized carbons (Fsp3) is 0.529. The van der Waals surface area contributed by atoms with E-state index in [1.165, 1.54) is 0 Å². The molecule has 0 amide bonds. The number of rotatable bonds is 9. The van der Waals surface area contributed by atoms with E-state index in [1.807, 2.05) is 32.9 Å². The van der Waals surface area contributed by atoms with Crippen LogP contribution in [0.2, 0.25) is 0 Å². The number of esters is 1. The van der Waals surface area contributed by atoms with Gasteiger partial charge >= 0.3 is 11.9 Å². The molecule has 0 heterocycles. The highest BCUT2D eigenvalue weighted by molar-refractivity contribution is 5.78. The van der Waals surface area contributed by atoms with Crippen molar-refractivity contribution in [2.45, 2.75) is 46.5 Å². The van der Waals surface area contributed by atoms with Crippen molar-refractivity contribution in [1.29, 1.82) is 0 Å². The molecule has 0 saturated heterocycles. The van der Waals surface area contributed by atoms with Gasteiger partial charge in [0, 0.05) is 18.7 Å². The van der Waals surface area contributed by atoms with E-state index < -0.39 is 11.4 Å². The molecule has 1 aromatic carbocycles. The number of aliphatic carboxylic acids is 1. The summed E-state index contributed by atoms with van der Waals surface area (Å²) in [5.41, 5.74) is 0.436. The van der Waals surface area contributed by atoms with E-state index >= 15 is 0 Å². The van der Waals surface area contributed by atoms with Crippen LogP contribution < -0.4 is 10.1 Å². The Kier molecular flexibility index (Phi) is 6.89. The number of ether oxygens (including phenoxy) is 1. The summed E-state index contributed by atoms with van der Waals surface area (Å²) in [6.07, 6.45) is 2.38. The monoisotopic (exact) mass is 307 g/mol. The lowest BCUT2D eigenvalue weighted by atomic mass is 9.91. The number of unbranched alkanes of at least 4 members (excludes halogenated alkanes) is 1. The predicted octanol–water partition coefficient (Wildman–Crippen LogP) is 3.70. The molecule has 0 aromatic heterocycles. The third kappa shape index (κ3) is 6.16. The molecule has 0 aliphatic rings. The minimum Gasteiger partial charge on any atom is -0.481 e. The van der Waals surface area contributed by atoms with Crippen LogP contribution >= 0.6 is 0 Å². The second-order valence-electron chi connectivity index (χ2n) is 5.93. The second-order valence-corrected chi connectivity index (χ2v) is 5.93. The lowest BCUT2D eigenvalue weighted by Crippen LogP contribution is -2.28. The zero-order valence-electron chi connectivity index (χ0n) is 13.5. The van der Waals surface area contributed by atoms with Crippen LogP contribution in [-0.4, -0.2) is 23.6 Å². The third-order valence-corrected chi connectivity index (χ3v) is 3.65. The number of hydrogen-bond acceptors (Lipinski definition) is 4. The summed E-state index contributed by atoms with van der Waals surface area (Å²) in [5, 5.41) is 11.8. The van der Waals surface area contributed by atoms with Gasteiger partial charge in [0.15, 0.2) is 0 Å². The normalized spacial score (nSPS) is 11.0. The highest BCUT2D eigenvalue weighted by Crippen LogP contribution is 2.24. The molecule has 0 aliphatic heterocycles. The third-order valence-electron chi connectivity index (χ3n) is 3.65. The predicted molar refractivity (Wildman–Crippen MR) is 86.1 cm³/mol. The van der Waals surface area contributed by atoms with Gasteiger partial charge in [-0.05, 0) is 57.4 Å². The summed E-state index contributed by atoms with van der Waals surface area (Å²) >= 11 is 0. The topological polar surface area (TPSA) is 75.6 Å². The van der Waals surface area contributed by atoms with Gasteiger partial charge < -0.3 is 15.2 Å². The van der Waals surface area contributed by atoms with Crippen molar-refractivity contribution >= 4 is 17.6 Å². The van der Waals surface area contributed by atoms with Crippen LogP contribution in [0.15, 0.2) is 24.3 Å². The van der Waals surface area contributed by atoms with E-state index in [0.29, 0.717) is 12.2 Å². The Labute approximate surface area is 131 Å². The molecule has 0 fully saturated rings. The van der Waals surface area contributed by atoms with Crippen molar-refractivity contribution in [3.8, 4) is 5.75 Å². The molecule has 122 valence electrons. The summed E-state index contributed by atoms with van der Waals surface area (Å²) < 4.78 is 5.36. The van der Waals surface area contributed by atoms with Gasteiger partial charge in [0.1, 0.15) is 5.75 Å². The van der Waals surface area contributed by atoms with Gasteiger partial charge in [-0.2, -0.15) is 0 Å². The number of carboxylic acids is 1. The molecule has 0 atom stereocenters. The van der Waals surface area contributed by atoms with E-state index in [0.717, 1.165) is 25.1 Å². The lowest BCUT2D eigenvalue weighted by molar-refractivity contribution is -0.144. The molecule has 0 spiro atoms. The first-order valence-electron chi connectivity index (χ1n) is 7.63. The quantitative estimate of drug-likeness (QED) is 0.413. The number of carbonyl (C=O) groups excluding carboxylic acids is 1. The SMILES string of the molecule is CCC(C)(C)C(=O)Oc1ccc(NCCCCC(=O)O)cc1. The fourth-order valence-electron chi connectivity index (χ4n) is 1.66. The Morgan fingerprint density at radius 3 is 2.36 bits per heavy atom. The Balaban J connectivity index is 2.40. The first kappa shape index (κ1) is 18.0. The van der Waals surface area contributed by atoms with E-state index in [4.69, 9.17) is 9.84 Å². The number of benzene rings is 1. The average Bonchev–Trinajstić information content (AvgIpc) is 2.48. The van der Waals surface area contributed by atoms with Crippen molar-refractivity contribution in [3.05, 3.63) is 24.3 Å². The van der Waals surface area contributed by atoms with Crippen LogP contribution in [0, 0.1) is 5.41 Å². The Morgan fingerprint density at radius 1 is 1.18 bits per heavy atom. The molecule has 1 rings (SSSR count). The number of hydrogen-bond donors (Lipinski definition) is 2. The smallest absolute Gasteiger partial charge is 0.316 e. The van der Waals surface area contributed by atoms with E-state index in [2.05, 4.69) is 5.32 Å². The van der Waals surface area contributed by atoms with Crippen LogP contribution in [0.5, 0.6) is 5.75 Å². The maximum atomic E-state index is 12.0. The standard InChI is InChI=1S/C17H25NO4/c1-4-17(2,3)16(21)22-14-10-8-13(9-11-14)18-12-6-5-7-15(19)20/h8-11,18H,4-7,12H2,1-3H3,(H,19,20). The number of carboxylic acid groups (broad SMARTS) is 1. The largest absolute Gasteiger partial charge is 0.481 e.